The number of para-hydroxylation sites is 1. The predicted molar refractivity (Wildman–Crippen MR) is 194 cm³/mol. The number of carbonyl (C=O) groups excluding carboxylic acids is 5. The summed E-state index contributed by atoms with van der Waals surface area (Å²) >= 11 is 0. The van der Waals surface area contributed by atoms with Crippen LogP contribution in [0.1, 0.15) is 40.0 Å². The number of aliphatic hydroxyl groups is 6. The lowest BCUT2D eigenvalue weighted by Gasteiger charge is -2.26. The molecule has 13 N–H and O–H groups in total. The van der Waals surface area contributed by atoms with Gasteiger partial charge in [-0.2, -0.15) is 0 Å². The Kier molecular flexibility index (Phi) is 16.1. The smallest absolute Gasteiger partial charge is 0.252 e. The van der Waals surface area contributed by atoms with Crippen LogP contribution in [0.2, 0.25) is 0 Å². The summed E-state index contributed by atoms with van der Waals surface area (Å²) < 4.78 is 2.17. The van der Waals surface area contributed by atoms with E-state index in [2.05, 4.69) is 38.1 Å². The normalized spacial score (nSPS) is 16.0. The molecule has 0 aliphatic carbocycles. The van der Waals surface area contributed by atoms with E-state index < -0.39 is 91.3 Å². The quantitative estimate of drug-likeness (QED) is 0.0526. The molecule has 0 unspecified atom stereocenters. The van der Waals surface area contributed by atoms with Gasteiger partial charge < -0.3 is 67.5 Å². The van der Waals surface area contributed by atoms with Crippen molar-refractivity contribution in [2.45, 2.75) is 95.2 Å². The zero-order valence-electron chi connectivity index (χ0n) is 29.9. The molecule has 0 saturated carbocycles. The summed E-state index contributed by atoms with van der Waals surface area (Å²) in [5.74, 6) is -4.51. The van der Waals surface area contributed by atoms with Crippen molar-refractivity contribution < 1.29 is 54.6 Å². The molecule has 0 saturated heterocycles. The number of fused-ring (bicyclic) bond motifs is 3. The highest BCUT2D eigenvalue weighted by Crippen LogP contribution is 2.31. The summed E-state index contributed by atoms with van der Waals surface area (Å²) in [4.78, 5) is 64.4. The van der Waals surface area contributed by atoms with E-state index in [0.717, 1.165) is 35.3 Å². The molecular formula is C35H51N7O11. The molecule has 18 heteroatoms. The van der Waals surface area contributed by atoms with Gasteiger partial charge in [-0.05, 0) is 70.8 Å². The second-order valence-electron chi connectivity index (χ2n) is 12.7. The lowest BCUT2D eigenvalue weighted by molar-refractivity contribution is -0.150. The molecule has 18 nitrogen and oxygen atoms in total. The van der Waals surface area contributed by atoms with Crippen LogP contribution in [0, 0.1) is 0 Å². The van der Waals surface area contributed by atoms with Crippen molar-refractivity contribution in [3.05, 3.63) is 42.5 Å². The number of hydrogen-bond donors (Lipinski definition) is 12. The fraction of sp³-hybridized carbons (Fsp3) is 0.514. The Morgan fingerprint density at radius 2 is 1.47 bits per heavy atom. The summed E-state index contributed by atoms with van der Waals surface area (Å²) in [7, 11) is 0. The molecule has 53 heavy (non-hydrogen) atoms. The molecule has 3 aromatic rings. The number of anilines is 1. The van der Waals surface area contributed by atoms with Gasteiger partial charge in [-0.1, -0.05) is 18.2 Å². The van der Waals surface area contributed by atoms with E-state index in [1.54, 1.807) is 6.07 Å². The molecule has 0 spiro atoms. The number of carbonyl (C=O) groups is 5. The van der Waals surface area contributed by atoms with Gasteiger partial charge in [0.15, 0.2) is 6.10 Å². The summed E-state index contributed by atoms with van der Waals surface area (Å²) in [5.41, 5.74) is 8.23. The van der Waals surface area contributed by atoms with Crippen LogP contribution in [0.5, 0.6) is 0 Å². The van der Waals surface area contributed by atoms with Gasteiger partial charge in [-0.25, -0.2) is 0 Å². The zero-order chi connectivity index (χ0) is 39.4. The molecule has 1 heterocycles. The van der Waals surface area contributed by atoms with E-state index in [9.17, 15) is 49.5 Å². The van der Waals surface area contributed by atoms with Crippen LogP contribution < -0.4 is 32.3 Å². The highest BCUT2D eigenvalue weighted by molar-refractivity contribution is 6.10. The van der Waals surface area contributed by atoms with E-state index in [1.807, 2.05) is 36.4 Å². The third kappa shape index (κ3) is 11.2. The van der Waals surface area contributed by atoms with E-state index in [-0.39, 0.29) is 6.42 Å². The molecule has 0 radical (unpaired) electrons. The molecule has 0 aliphatic rings. The van der Waals surface area contributed by atoms with Crippen LogP contribution in [-0.2, 0) is 30.5 Å². The summed E-state index contributed by atoms with van der Waals surface area (Å²) in [5, 5.41) is 72.2. The molecular weight excluding hydrogens is 694 g/mol. The Labute approximate surface area is 305 Å². The van der Waals surface area contributed by atoms with Crippen molar-refractivity contribution in [2.75, 3.05) is 25.0 Å². The van der Waals surface area contributed by atoms with Crippen molar-refractivity contribution in [3.8, 4) is 0 Å². The molecule has 292 valence electrons. The third-order valence-electron chi connectivity index (χ3n) is 8.72. The van der Waals surface area contributed by atoms with Crippen LogP contribution >= 0.6 is 0 Å². The Bertz CT molecular complexity index is 1730. The van der Waals surface area contributed by atoms with E-state index in [1.165, 1.54) is 6.92 Å². The summed E-state index contributed by atoms with van der Waals surface area (Å²) in [6.45, 7) is 3.95. The molecule has 0 fully saturated rings. The maximum absolute atomic E-state index is 13.4. The maximum atomic E-state index is 13.4. The first-order valence-electron chi connectivity index (χ1n) is 17.4. The summed E-state index contributed by atoms with van der Waals surface area (Å²) in [6, 6.07) is 9.47. The van der Waals surface area contributed by atoms with Gasteiger partial charge in [0.25, 0.3) is 5.91 Å². The molecule has 0 aliphatic heterocycles. The fourth-order valence-corrected chi connectivity index (χ4v) is 5.71. The molecule has 8 atom stereocenters. The standard InChI is InChI=1S/C35H51N7O11/c1-4-42-24-11-6-5-9-21(24)22-15-20(12-13-25(22)42)39-33(51)23(10-7-8-14-36)40-27(46)16-37-34(52)28(19(3)44)41-32(50)18(2)38-35(53)31(49)30(48)29(47)26(45)17-43/h5-6,9,11-13,15,18-19,23,26,28-31,43-45,47-49H,4,7-8,10,14,16-17,36H2,1-3H3,(H,37,52)(H,38,53)(H,39,51)(H,40,46)(H,41,50)/t18-,19+,23-,26+,28-,29+,30-,31+/m0/s1. The lowest BCUT2D eigenvalue weighted by Crippen LogP contribution is -2.59. The van der Waals surface area contributed by atoms with Crippen LogP contribution in [-0.4, -0.2) is 133 Å². The number of aryl methyl sites for hydroxylation is 1. The highest BCUT2D eigenvalue weighted by atomic mass is 16.4. The first-order chi connectivity index (χ1) is 25.1. The van der Waals surface area contributed by atoms with E-state index in [0.29, 0.717) is 25.1 Å². The molecule has 3 rings (SSSR count). The first-order valence-corrected chi connectivity index (χ1v) is 17.4. The SMILES string of the molecule is CCn1c2ccccc2c2cc(NC(=O)[C@H](CCCCN)NC(=O)CNC(=O)[C@@H](NC(=O)[C@H](C)NC(=O)[C@H](O)[C@@H](O)[C@H](O)[C@H](O)CO)[C@@H](C)O)ccc21. The van der Waals surface area contributed by atoms with E-state index >= 15 is 0 Å². The molecule has 5 amide bonds. The minimum atomic E-state index is -2.31. The number of nitrogens with zero attached hydrogens (tertiary/aromatic N) is 1. The number of unbranched alkanes of at least 4 members (excludes halogenated alkanes) is 1. The second kappa shape index (κ2) is 20.0. The number of aliphatic hydroxyl groups excluding tert-OH is 6. The maximum Gasteiger partial charge on any atom is 0.252 e. The average molecular weight is 746 g/mol. The number of nitrogens with one attached hydrogen (secondary N) is 5. The summed E-state index contributed by atoms with van der Waals surface area (Å²) in [6.07, 6.45) is -8.58. The van der Waals surface area contributed by atoms with Gasteiger partial charge in [0.2, 0.25) is 23.6 Å². The molecule has 0 bridgehead atoms. The monoisotopic (exact) mass is 745 g/mol. The van der Waals surface area contributed by atoms with Crippen molar-refractivity contribution in [2.24, 2.45) is 5.73 Å². The van der Waals surface area contributed by atoms with Crippen molar-refractivity contribution >= 4 is 57.0 Å². The van der Waals surface area contributed by atoms with Crippen LogP contribution in [0.15, 0.2) is 42.5 Å². The molecule has 1 aromatic heterocycles. The van der Waals surface area contributed by atoms with Crippen molar-refractivity contribution in [1.29, 1.82) is 0 Å². The van der Waals surface area contributed by atoms with Gasteiger partial charge in [0.1, 0.15) is 36.4 Å². The number of nitrogens with two attached hydrogens (primary N) is 1. The number of hydrogen-bond acceptors (Lipinski definition) is 12. The van der Waals surface area contributed by atoms with Gasteiger partial charge in [-0.15, -0.1) is 0 Å². The van der Waals surface area contributed by atoms with Gasteiger partial charge in [0, 0.05) is 34.0 Å². The predicted octanol–water partition coefficient (Wildman–Crippen LogP) is -2.71. The van der Waals surface area contributed by atoms with Crippen LogP contribution in [0.3, 0.4) is 0 Å². The topological polar surface area (TPSA) is 298 Å². The average Bonchev–Trinajstić information content (AvgIpc) is 3.46. The largest absolute Gasteiger partial charge is 0.394 e. The number of rotatable bonds is 20. The van der Waals surface area contributed by atoms with Crippen LogP contribution in [0.25, 0.3) is 21.8 Å². The first kappa shape index (κ1) is 42.7. The lowest BCUT2D eigenvalue weighted by atomic mass is 10.0. The van der Waals surface area contributed by atoms with Crippen molar-refractivity contribution in [3.63, 3.8) is 0 Å². The van der Waals surface area contributed by atoms with E-state index in [4.69, 9.17) is 10.8 Å². The Balaban J connectivity index is 1.61. The zero-order valence-corrected chi connectivity index (χ0v) is 29.9. The minimum absolute atomic E-state index is 0.253. The number of aromatic nitrogens is 1. The Morgan fingerprint density at radius 3 is 2.11 bits per heavy atom. The highest BCUT2D eigenvalue weighted by Gasteiger charge is 2.36. The van der Waals surface area contributed by atoms with Gasteiger partial charge in [-0.3, -0.25) is 24.0 Å². The third-order valence-corrected chi connectivity index (χ3v) is 8.72. The number of amides is 5. The Hall–Kier alpha value is -4.69. The second-order valence-corrected chi connectivity index (χ2v) is 12.7. The fourth-order valence-electron chi connectivity index (χ4n) is 5.71. The minimum Gasteiger partial charge on any atom is -0.394 e. The van der Waals surface area contributed by atoms with Crippen LogP contribution in [0.4, 0.5) is 5.69 Å². The Morgan fingerprint density at radius 1 is 0.792 bits per heavy atom. The van der Waals surface area contributed by atoms with Crippen molar-refractivity contribution in [1.82, 2.24) is 25.8 Å². The molecule has 2 aromatic carbocycles. The number of benzene rings is 2. The van der Waals surface area contributed by atoms with Gasteiger partial charge >= 0.3 is 0 Å². The van der Waals surface area contributed by atoms with Gasteiger partial charge in [0.05, 0.1) is 19.3 Å².